The summed E-state index contributed by atoms with van der Waals surface area (Å²) in [7, 11) is 0. The van der Waals surface area contributed by atoms with Crippen molar-refractivity contribution in [2.75, 3.05) is 0 Å². The number of aryl methyl sites for hydroxylation is 1. The minimum atomic E-state index is -0.945. The molecule has 32 heavy (non-hydrogen) atoms. The number of hydrogen-bond donors (Lipinski definition) is 1. The fourth-order valence-corrected chi connectivity index (χ4v) is 4.94. The largest absolute Gasteiger partial charge is 0.480 e. The lowest BCUT2D eigenvalue weighted by molar-refractivity contribution is -0.137. The van der Waals surface area contributed by atoms with Crippen LogP contribution in [0.1, 0.15) is 38.8 Å². The van der Waals surface area contributed by atoms with E-state index in [1.807, 2.05) is 25.1 Å². The Morgan fingerprint density at radius 2 is 2.06 bits per heavy atom. The van der Waals surface area contributed by atoms with E-state index in [0.29, 0.717) is 18.8 Å². The van der Waals surface area contributed by atoms with Gasteiger partial charge in [-0.2, -0.15) is 5.10 Å². The number of aromatic nitrogens is 5. The Morgan fingerprint density at radius 1 is 1.22 bits per heavy atom. The number of carboxylic acids is 1. The summed E-state index contributed by atoms with van der Waals surface area (Å²) in [5, 5.41) is 22.5. The summed E-state index contributed by atoms with van der Waals surface area (Å²) >= 11 is 1.60. The Labute approximate surface area is 188 Å². The van der Waals surface area contributed by atoms with Crippen LogP contribution in [0, 0.1) is 18.8 Å². The molecular formula is C23H19N5O3S. The van der Waals surface area contributed by atoms with Gasteiger partial charge in [0.1, 0.15) is 24.0 Å². The highest BCUT2D eigenvalue weighted by atomic mass is 32.1. The molecule has 0 unspecified atom stereocenters. The molecule has 4 aromatic rings. The van der Waals surface area contributed by atoms with E-state index in [0.717, 1.165) is 39.1 Å². The molecule has 0 spiro atoms. The molecule has 0 radical (unpaired) electrons. The molecule has 4 heterocycles. The number of aliphatic carboxylic acids is 1. The summed E-state index contributed by atoms with van der Waals surface area (Å²) in [6.45, 7) is 2.64. The summed E-state index contributed by atoms with van der Waals surface area (Å²) in [5.41, 5.74) is 4.09. The number of hydrogen-bond acceptors (Lipinski definition) is 6. The lowest BCUT2D eigenvalue weighted by Crippen LogP contribution is -2.08. The van der Waals surface area contributed by atoms with Gasteiger partial charge in [0.15, 0.2) is 5.82 Å². The number of carboxylic acid groups (broad SMARTS) is 1. The number of carbonyl (C=O) groups is 1. The Hall–Kier alpha value is -3.74. The first-order valence-electron chi connectivity index (χ1n) is 10.0. The van der Waals surface area contributed by atoms with Crippen molar-refractivity contribution in [2.45, 2.75) is 33.1 Å². The van der Waals surface area contributed by atoms with Gasteiger partial charge in [0.25, 0.3) is 0 Å². The molecule has 1 aromatic carbocycles. The second kappa shape index (κ2) is 8.42. The number of ether oxygens (including phenoxy) is 1. The minimum absolute atomic E-state index is 0.193. The molecule has 0 bridgehead atoms. The summed E-state index contributed by atoms with van der Waals surface area (Å²) in [4.78, 5) is 11.8. The lowest BCUT2D eigenvalue weighted by Gasteiger charge is -2.06. The third-order valence-electron chi connectivity index (χ3n) is 5.14. The molecule has 5 rings (SSSR count). The molecule has 1 aliphatic rings. The molecule has 0 saturated carbocycles. The zero-order valence-corrected chi connectivity index (χ0v) is 18.1. The van der Waals surface area contributed by atoms with E-state index in [2.05, 4.69) is 43.8 Å². The monoisotopic (exact) mass is 445 g/mol. The van der Waals surface area contributed by atoms with E-state index in [-0.39, 0.29) is 6.54 Å². The molecule has 160 valence electrons. The van der Waals surface area contributed by atoms with Gasteiger partial charge in [0.2, 0.25) is 0 Å². The molecule has 8 nitrogen and oxygen atoms in total. The van der Waals surface area contributed by atoms with Crippen LogP contribution in [0.5, 0.6) is 0 Å². The van der Waals surface area contributed by atoms with E-state index in [4.69, 9.17) is 9.84 Å². The van der Waals surface area contributed by atoms with E-state index in [1.165, 1.54) is 10.2 Å². The topological polar surface area (TPSA) is 95.1 Å². The highest BCUT2D eigenvalue weighted by Crippen LogP contribution is 2.36. The van der Waals surface area contributed by atoms with E-state index in [9.17, 15) is 4.79 Å². The maximum atomic E-state index is 10.9. The summed E-state index contributed by atoms with van der Waals surface area (Å²) in [5.74, 6) is 7.09. The van der Waals surface area contributed by atoms with Gasteiger partial charge in [0, 0.05) is 11.8 Å². The van der Waals surface area contributed by atoms with Crippen molar-refractivity contribution < 1.29 is 14.6 Å². The van der Waals surface area contributed by atoms with Crippen LogP contribution in [-0.4, -0.2) is 35.6 Å². The summed E-state index contributed by atoms with van der Waals surface area (Å²) in [6.07, 6.45) is 3.95. The Balaban J connectivity index is 1.59. The third kappa shape index (κ3) is 3.93. The second-order valence-corrected chi connectivity index (χ2v) is 8.42. The average Bonchev–Trinajstić information content (AvgIpc) is 3.42. The number of nitrogens with zero attached hydrogens (tertiary/aromatic N) is 5. The van der Waals surface area contributed by atoms with Crippen LogP contribution in [0.25, 0.3) is 5.00 Å². The van der Waals surface area contributed by atoms with Crippen molar-refractivity contribution >= 4 is 17.3 Å². The van der Waals surface area contributed by atoms with Crippen molar-refractivity contribution in [3.8, 4) is 16.8 Å². The number of rotatable bonds is 4. The van der Waals surface area contributed by atoms with Crippen LogP contribution in [-0.2, 0) is 35.7 Å². The molecule has 0 atom stereocenters. The lowest BCUT2D eigenvalue weighted by atomic mass is 10.0. The first-order valence-corrected chi connectivity index (χ1v) is 10.8. The van der Waals surface area contributed by atoms with Crippen LogP contribution in [0.15, 0.2) is 42.7 Å². The third-order valence-corrected chi connectivity index (χ3v) is 6.32. The SMILES string of the molecule is Cc1nnc2n1-c1sc(C#Cc3cnn(CC(=O)O)c3)c(Cc3ccccc3)c1COC2. The quantitative estimate of drug-likeness (QED) is 0.486. The van der Waals surface area contributed by atoms with Crippen molar-refractivity contribution in [1.29, 1.82) is 0 Å². The number of fused-ring (bicyclic) bond motifs is 3. The fourth-order valence-electron chi connectivity index (χ4n) is 3.69. The second-order valence-electron chi connectivity index (χ2n) is 7.42. The molecular weight excluding hydrogens is 426 g/mol. The van der Waals surface area contributed by atoms with Gasteiger partial charge < -0.3 is 9.84 Å². The van der Waals surface area contributed by atoms with Gasteiger partial charge >= 0.3 is 5.97 Å². The minimum Gasteiger partial charge on any atom is -0.480 e. The van der Waals surface area contributed by atoms with Gasteiger partial charge in [-0.15, -0.1) is 21.5 Å². The average molecular weight is 446 g/mol. The first-order chi connectivity index (χ1) is 15.6. The van der Waals surface area contributed by atoms with Gasteiger partial charge in [-0.05, 0) is 24.5 Å². The molecule has 0 saturated heterocycles. The predicted octanol–water partition coefficient (Wildman–Crippen LogP) is 2.94. The van der Waals surface area contributed by atoms with Crippen LogP contribution >= 0.6 is 11.3 Å². The van der Waals surface area contributed by atoms with Crippen LogP contribution in [0.4, 0.5) is 0 Å². The maximum absolute atomic E-state index is 10.9. The molecule has 1 aliphatic heterocycles. The normalized spacial score (nSPS) is 12.4. The predicted molar refractivity (Wildman–Crippen MR) is 118 cm³/mol. The van der Waals surface area contributed by atoms with Crippen LogP contribution in [0.2, 0.25) is 0 Å². The van der Waals surface area contributed by atoms with Crippen molar-refractivity contribution in [3.63, 3.8) is 0 Å². The van der Waals surface area contributed by atoms with Gasteiger partial charge in [-0.1, -0.05) is 42.2 Å². The van der Waals surface area contributed by atoms with Gasteiger partial charge in [-0.3, -0.25) is 14.0 Å². The van der Waals surface area contributed by atoms with Gasteiger partial charge in [-0.25, -0.2) is 0 Å². The van der Waals surface area contributed by atoms with Crippen LogP contribution in [0.3, 0.4) is 0 Å². The fraction of sp³-hybridized carbons (Fsp3) is 0.217. The van der Waals surface area contributed by atoms with E-state index >= 15 is 0 Å². The zero-order chi connectivity index (χ0) is 22.1. The highest BCUT2D eigenvalue weighted by Gasteiger charge is 2.25. The van der Waals surface area contributed by atoms with Crippen molar-refractivity contribution in [2.24, 2.45) is 0 Å². The zero-order valence-electron chi connectivity index (χ0n) is 17.3. The summed E-state index contributed by atoms with van der Waals surface area (Å²) in [6, 6.07) is 10.3. The Kier molecular flexibility index (Phi) is 5.31. The summed E-state index contributed by atoms with van der Waals surface area (Å²) < 4.78 is 9.34. The van der Waals surface area contributed by atoms with Crippen molar-refractivity contribution in [3.05, 3.63) is 81.5 Å². The maximum Gasteiger partial charge on any atom is 0.325 e. The molecule has 0 aliphatic carbocycles. The number of thiophene rings is 1. The first kappa shape index (κ1) is 20.2. The van der Waals surface area contributed by atoms with E-state index in [1.54, 1.807) is 23.7 Å². The smallest absolute Gasteiger partial charge is 0.325 e. The van der Waals surface area contributed by atoms with E-state index < -0.39 is 5.97 Å². The van der Waals surface area contributed by atoms with Crippen LogP contribution < -0.4 is 0 Å². The van der Waals surface area contributed by atoms with Crippen molar-refractivity contribution in [1.82, 2.24) is 24.5 Å². The molecule has 0 amide bonds. The Morgan fingerprint density at radius 3 is 2.88 bits per heavy atom. The molecule has 0 fully saturated rings. The van der Waals surface area contributed by atoms with Gasteiger partial charge in [0.05, 0.1) is 23.2 Å². The molecule has 3 aromatic heterocycles. The number of benzene rings is 1. The molecule has 1 N–H and O–H groups in total. The molecule has 9 heteroatoms. The highest BCUT2D eigenvalue weighted by molar-refractivity contribution is 7.15. The Bertz CT molecular complexity index is 1360. The standard InChI is InChI=1S/C23H19N5O3S/c1-15-25-26-21-14-31-13-19-18(9-16-5-3-2-4-6-16)20(32-23(19)28(15)21)8-7-17-10-24-27(11-17)12-22(29)30/h2-6,10-11H,9,12-14H2,1H3,(H,29,30).